The molecule has 0 spiro atoms. The van der Waals surface area contributed by atoms with Gasteiger partial charge in [-0.3, -0.25) is 0 Å². The molecule has 0 atom stereocenters. The van der Waals surface area contributed by atoms with Crippen LogP contribution in [0.3, 0.4) is 0 Å². The summed E-state index contributed by atoms with van der Waals surface area (Å²) in [6, 6.07) is 6.79. The maximum absolute atomic E-state index is 13.6. The third kappa shape index (κ3) is 3.19. The van der Waals surface area contributed by atoms with Crippen LogP contribution in [0.2, 0.25) is 5.15 Å². The van der Waals surface area contributed by atoms with Gasteiger partial charge in [0.15, 0.2) is 11.6 Å². The molecule has 3 nitrogen and oxygen atoms in total. The number of benzene rings is 1. The average Bonchev–Trinajstić information content (AvgIpc) is 2.33. The van der Waals surface area contributed by atoms with E-state index in [1.54, 1.807) is 0 Å². The fraction of sp³-hybridized carbons (Fsp3) is 0. The summed E-state index contributed by atoms with van der Waals surface area (Å²) < 4.78 is 27.5. The summed E-state index contributed by atoms with van der Waals surface area (Å²) in [7, 11) is 0. The summed E-state index contributed by atoms with van der Waals surface area (Å²) in [5.41, 5.74) is -0.123. The van der Waals surface area contributed by atoms with Crippen molar-refractivity contribution in [2.75, 3.05) is 5.32 Å². The predicted octanol–water partition coefficient (Wildman–Crippen LogP) is 4.39. The van der Waals surface area contributed by atoms with Crippen LogP contribution in [0.1, 0.15) is 5.56 Å². The van der Waals surface area contributed by atoms with Crippen LogP contribution < -0.4 is 5.32 Å². The second-order valence-corrected chi connectivity index (χ2v) is 4.85. The summed E-state index contributed by atoms with van der Waals surface area (Å²) in [5.74, 6) is -1.48. The Balaban J connectivity index is 2.42. The fourth-order valence-electron chi connectivity index (χ4n) is 1.42. The van der Waals surface area contributed by atoms with E-state index in [4.69, 9.17) is 16.9 Å². The molecule has 1 heterocycles. The topological polar surface area (TPSA) is 48.7 Å². The summed E-state index contributed by atoms with van der Waals surface area (Å²) in [4.78, 5) is 3.84. The predicted molar refractivity (Wildman–Crippen MR) is 71.3 cm³/mol. The van der Waals surface area contributed by atoms with Crippen molar-refractivity contribution in [1.29, 1.82) is 5.26 Å². The van der Waals surface area contributed by atoms with Gasteiger partial charge in [-0.1, -0.05) is 27.5 Å². The van der Waals surface area contributed by atoms with Gasteiger partial charge in [0.25, 0.3) is 0 Å². The molecule has 96 valence electrons. The van der Waals surface area contributed by atoms with E-state index in [1.165, 1.54) is 12.1 Å². The van der Waals surface area contributed by atoms with E-state index in [2.05, 4.69) is 26.2 Å². The van der Waals surface area contributed by atoms with Gasteiger partial charge in [0.1, 0.15) is 16.7 Å². The molecule has 0 aliphatic rings. The van der Waals surface area contributed by atoms with Crippen molar-refractivity contribution in [2.45, 2.75) is 0 Å². The molecule has 0 fully saturated rings. The summed E-state index contributed by atoms with van der Waals surface area (Å²) >= 11 is 8.68. The van der Waals surface area contributed by atoms with E-state index in [1.807, 2.05) is 6.07 Å². The molecule has 1 N–H and O–H groups in total. The zero-order chi connectivity index (χ0) is 14.0. The molecule has 19 heavy (non-hydrogen) atoms. The third-order valence-corrected chi connectivity index (χ3v) is 2.83. The van der Waals surface area contributed by atoms with Crippen LogP contribution in [0, 0.1) is 23.0 Å². The van der Waals surface area contributed by atoms with Crippen LogP contribution in [0.5, 0.6) is 0 Å². The molecule has 0 aliphatic carbocycles. The normalized spacial score (nSPS) is 10.1. The highest BCUT2D eigenvalue weighted by molar-refractivity contribution is 9.10. The molecule has 1 aromatic heterocycles. The van der Waals surface area contributed by atoms with E-state index in [0.29, 0.717) is 0 Å². The minimum absolute atomic E-state index is 0.0551. The highest BCUT2D eigenvalue weighted by Crippen LogP contribution is 2.27. The maximum atomic E-state index is 13.6. The zero-order valence-electron chi connectivity index (χ0n) is 9.22. The lowest BCUT2D eigenvalue weighted by Crippen LogP contribution is -2.00. The van der Waals surface area contributed by atoms with E-state index in [0.717, 1.165) is 12.1 Å². The Morgan fingerprint density at radius 1 is 1.21 bits per heavy atom. The van der Waals surface area contributed by atoms with Crippen molar-refractivity contribution in [1.82, 2.24) is 4.98 Å². The molecule has 2 rings (SSSR count). The Bertz CT molecular complexity index is 662. The molecule has 0 bridgehead atoms. The number of hydrogen-bond acceptors (Lipinski definition) is 3. The molecule has 1 aromatic carbocycles. The van der Waals surface area contributed by atoms with Crippen molar-refractivity contribution in [3.63, 3.8) is 0 Å². The van der Waals surface area contributed by atoms with Crippen LogP contribution >= 0.6 is 27.5 Å². The van der Waals surface area contributed by atoms with Crippen molar-refractivity contribution >= 4 is 39.0 Å². The summed E-state index contributed by atoms with van der Waals surface area (Å²) in [5, 5.41) is 11.3. The molecule has 0 amide bonds. The minimum Gasteiger partial charge on any atom is -0.335 e. The quantitative estimate of drug-likeness (QED) is 0.822. The van der Waals surface area contributed by atoms with E-state index >= 15 is 0 Å². The Hall–Kier alpha value is -1.71. The first-order chi connectivity index (χ1) is 8.99. The van der Waals surface area contributed by atoms with Crippen LogP contribution in [-0.2, 0) is 0 Å². The first kappa shape index (κ1) is 13.7. The first-order valence-electron chi connectivity index (χ1n) is 4.99. The largest absolute Gasteiger partial charge is 0.335 e. The van der Waals surface area contributed by atoms with E-state index in [-0.39, 0.29) is 26.7 Å². The second kappa shape index (κ2) is 5.51. The number of nitrogens with one attached hydrogen (secondary N) is 1. The molecule has 0 saturated heterocycles. The van der Waals surface area contributed by atoms with Gasteiger partial charge in [0.05, 0.1) is 11.6 Å². The highest BCUT2D eigenvalue weighted by atomic mass is 79.9. The van der Waals surface area contributed by atoms with Gasteiger partial charge in [0, 0.05) is 4.47 Å². The van der Waals surface area contributed by atoms with Gasteiger partial charge in [0.2, 0.25) is 0 Å². The van der Waals surface area contributed by atoms with Gasteiger partial charge in [-0.2, -0.15) is 5.26 Å². The van der Waals surface area contributed by atoms with E-state index < -0.39 is 11.6 Å². The minimum atomic E-state index is -0.785. The van der Waals surface area contributed by atoms with Crippen LogP contribution in [0.4, 0.5) is 20.3 Å². The van der Waals surface area contributed by atoms with Crippen molar-refractivity contribution in [2.24, 2.45) is 0 Å². The maximum Gasteiger partial charge on any atom is 0.150 e. The van der Waals surface area contributed by atoms with Gasteiger partial charge in [-0.05, 0) is 24.3 Å². The number of nitriles is 1. The lowest BCUT2D eigenvalue weighted by Gasteiger charge is -2.09. The molecule has 0 radical (unpaired) electrons. The van der Waals surface area contributed by atoms with Crippen molar-refractivity contribution in [3.05, 3.63) is 51.1 Å². The van der Waals surface area contributed by atoms with Crippen molar-refractivity contribution in [3.8, 4) is 6.07 Å². The summed E-state index contributed by atoms with van der Waals surface area (Å²) in [6.07, 6.45) is 0. The standard InChI is InChI=1S/C12H5BrClF2N3/c13-7-3-8(15)12(9(16)4-7)19-11-2-6(5-17)1-10(14)18-11/h1-4H,(H,18,19). The average molecular weight is 345 g/mol. The molecule has 7 heteroatoms. The molecule has 2 aromatic rings. The SMILES string of the molecule is N#Cc1cc(Cl)nc(Nc2c(F)cc(Br)cc2F)c1. The fourth-order valence-corrected chi connectivity index (χ4v) is 2.03. The Morgan fingerprint density at radius 3 is 2.42 bits per heavy atom. The molecule has 0 unspecified atom stereocenters. The number of pyridine rings is 1. The first-order valence-corrected chi connectivity index (χ1v) is 6.16. The van der Waals surface area contributed by atoms with Crippen LogP contribution in [-0.4, -0.2) is 4.98 Å². The van der Waals surface area contributed by atoms with E-state index in [9.17, 15) is 8.78 Å². The Labute approximate surface area is 121 Å². The molecule has 0 saturated carbocycles. The number of anilines is 2. The zero-order valence-corrected chi connectivity index (χ0v) is 11.6. The molecular formula is C12H5BrClF2N3. The smallest absolute Gasteiger partial charge is 0.150 e. The highest BCUT2D eigenvalue weighted by Gasteiger charge is 2.12. The number of hydrogen-bond donors (Lipinski definition) is 1. The monoisotopic (exact) mass is 343 g/mol. The molecular weight excluding hydrogens is 340 g/mol. The van der Waals surface area contributed by atoms with Gasteiger partial charge < -0.3 is 5.32 Å². The van der Waals surface area contributed by atoms with Gasteiger partial charge in [-0.25, -0.2) is 13.8 Å². The van der Waals surface area contributed by atoms with Crippen molar-refractivity contribution < 1.29 is 8.78 Å². The number of halogens is 4. The molecule has 0 aliphatic heterocycles. The number of rotatable bonds is 2. The third-order valence-electron chi connectivity index (χ3n) is 2.18. The number of nitrogens with zero attached hydrogens (tertiary/aromatic N) is 2. The Morgan fingerprint density at radius 2 is 1.84 bits per heavy atom. The van der Waals surface area contributed by atoms with Gasteiger partial charge >= 0.3 is 0 Å². The van der Waals surface area contributed by atoms with Crippen LogP contribution in [0.25, 0.3) is 0 Å². The van der Waals surface area contributed by atoms with Gasteiger partial charge in [-0.15, -0.1) is 0 Å². The Kier molecular flexibility index (Phi) is 3.98. The summed E-state index contributed by atoms with van der Waals surface area (Å²) in [6.45, 7) is 0. The lowest BCUT2D eigenvalue weighted by molar-refractivity contribution is 0.589. The van der Waals surface area contributed by atoms with Crippen LogP contribution in [0.15, 0.2) is 28.7 Å². The second-order valence-electron chi connectivity index (χ2n) is 3.55. The number of aromatic nitrogens is 1. The lowest BCUT2D eigenvalue weighted by atomic mass is 10.2.